The number of rotatable bonds is 6. The lowest BCUT2D eigenvalue weighted by Gasteiger charge is -2.21. The Morgan fingerprint density at radius 2 is 2.00 bits per heavy atom. The first-order chi connectivity index (χ1) is 10.2. The molecule has 110 valence electrons. The van der Waals surface area contributed by atoms with Gasteiger partial charge in [-0.15, -0.1) is 0 Å². The van der Waals surface area contributed by atoms with Crippen LogP contribution in [0.5, 0.6) is 0 Å². The van der Waals surface area contributed by atoms with E-state index in [1.807, 2.05) is 43.3 Å². The van der Waals surface area contributed by atoms with Crippen molar-refractivity contribution in [1.29, 1.82) is 0 Å². The number of hydrogen-bond donors (Lipinski definition) is 2. The summed E-state index contributed by atoms with van der Waals surface area (Å²) in [7, 11) is 0. The Balaban J connectivity index is 1.60. The third kappa shape index (κ3) is 3.79. The van der Waals surface area contributed by atoms with Crippen LogP contribution in [0, 0.1) is 0 Å². The second-order valence-electron chi connectivity index (χ2n) is 5.76. The fourth-order valence-electron chi connectivity index (χ4n) is 2.35. The molecule has 4 heteroatoms. The zero-order chi connectivity index (χ0) is 14.7. The van der Waals surface area contributed by atoms with Crippen LogP contribution < -0.4 is 5.32 Å². The smallest absolute Gasteiger partial charge is 0.133 e. The largest absolute Gasteiger partial charge is 0.391 e. The number of nitrogens with one attached hydrogen (secondary N) is 1. The Bertz CT molecular complexity index is 584. The average molecular weight is 283 g/mol. The number of aliphatic hydroxyl groups excluding tert-OH is 1. The Labute approximate surface area is 125 Å². The molecular weight excluding hydrogens is 262 g/mol. The van der Waals surface area contributed by atoms with Crippen molar-refractivity contribution >= 4 is 5.82 Å². The van der Waals surface area contributed by atoms with Crippen LogP contribution in [0.3, 0.4) is 0 Å². The van der Waals surface area contributed by atoms with Gasteiger partial charge in [-0.1, -0.05) is 30.3 Å². The molecule has 0 saturated heterocycles. The topological polar surface area (TPSA) is 58.0 Å². The molecule has 1 aliphatic carbocycles. The van der Waals surface area contributed by atoms with E-state index in [-0.39, 0.29) is 6.04 Å². The molecule has 0 amide bonds. The summed E-state index contributed by atoms with van der Waals surface area (Å²) >= 11 is 0. The maximum absolute atomic E-state index is 10.3. The molecule has 1 aromatic heterocycles. The van der Waals surface area contributed by atoms with Crippen LogP contribution in [-0.4, -0.2) is 27.2 Å². The van der Waals surface area contributed by atoms with Gasteiger partial charge in [0.1, 0.15) is 11.6 Å². The fraction of sp³-hybridized carbons (Fsp3) is 0.412. The quantitative estimate of drug-likeness (QED) is 0.856. The predicted octanol–water partition coefficient (Wildman–Crippen LogP) is 2.76. The molecule has 21 heavy (non-hydrogen) atoms. The Morgan fingerprint density at radius 3 is 2.71 bits per heavy atom. The highest BCUT2D eigenvalue weighted by molar-refractivity contribution is 5.35. The van der Waals surface area contributed by atoms with Gasteiger partial charge in [0.15, 0.2) is 0 Å². The van der Waals surface area contributed by atoms with Crippen LogP contribution in [-0.2, 0) is 6.42 Å². The van der Waals surface area contributed by atoms with E-state index in [0.29, 0.717) is 12.3 Å². The number of hydrogen-bond acceptors (Lipinski definition) is 4. The first-order valence-electron chi connectivity index (χ1n) is 7.54. The molecule has 1 aliphatic rings. The van der Waals surface area contributed by atoms with E-state index >= 15 is 0 Å². The molecule has 2 unspecified atom stereocenters. The summed E-state index contributed by atoms with van der Waals surface area (Å²) in [6, 6.07) is 11.8. The molecule has 2 N–H and O–H groups in total. The van der Waals surface area contributed by atoms with Gasteiger partial charge in [0, 0.05) is 18.5 Å². The molecule has 0 radical (unpaired) electrons. The van der Waals surface area contributed by atoms with Crippen molar-refractivity contribution in [1.82, 2.24) is 9.97 Å². The summed E-state index contributed by atoms with van der Waals surface area (Å²) in [4.78, 5) is 8.84. The van der Waals surface area contributed by atoms with Crippen LogP contribution >= 0.6 is 0 Å². The number of benzene rings is 1. The predicted molar refractivity (Wildman–Crippen MR) is 83.2 cm³/mol. The SMILES string of the molecule is CC(Nc1ccnc(C2CC2)n1)C(O)Cc1ccccc1. The number of aromatic nitrogens is 2. The normalized spacial score (nSPS) is 17.2. The first-order valence-corrected chi connectivity index (χ1v) is 7.54. The summed E-state index contributed by atoms with van der Waals surface area (Å²) in [5, 5.41) is 13.6. The molecule has 2 aromatic rings. The van der Waals surface area contributed by atoms with Crippen LogP contribution in [0.4, 0.5) is 5.82 Å². The minimum Gasteiger partial charge on any atom is -0.391 e. The zero-order valence-electron chi connectivity index (χ0n) is 12.2. The molecule has 0 aliphatic heterocycles. The minimum absolute atomic E-state index is 0.0628. The first kappa shape index (κ1) is 14.0. The number of aliphatic hydroxyl groups is 1. The van der Waals surface area contributed by atoms with Gasteiger partial charge in [-0.05, 0) is 31.4 Å². The molecule has 0 spiro atoms. The lowest BCUT2D eigenvalue weighted by molar-refractivity contribution is 0.158. The fourth-order valence-corrected chi connectivity index (χ4v) is 2.35. The third-order valence-electron chi connectivity index (χ3n) is 3.86. The molecule has 4 nitrogen and oxygen atoms in total. The minimum atomic E-state index is -0.452. The summed E-state index contributed by atoms with van der Waals surface area (Å²) in [5.74, 6) is 2.26. The summed E-state index contributed by atoms with van der Waals surface area (Å²) in [5.41, 5.74) is 1.14. The van der Waals surface area contributed by atoms with Gasteiger partial charge >= 0.3 is 0 Å². The standard InChI is InChI=1S/C17H21N3O/c1-12(15(21)11-13-5-3-2-4-6-13)19-16-9-10-18-17(20-16)14-7-8-14/h2-6,9-10,12,14-15,21H,7-8,11H2,1H3,(H,18,19,20). The van der Waals surface area contributed by atoms with Crippen molar-refractivity contribution in [3.8, 4) is 0 Å². The van der Waals surface area contributed by atoms with Gasteiger partial charge < -0.3 is 10.4 Å². The van der Waals surface area contributed by atoms with E-state index < -0.39 is 6.10 Å². The van der Waals surface area contributed by atoms with Gasteiger partial charge in [0.2, 0.25) is 0 Å². The molecule has 1 saturated carbocycles. The van der Waals surface area contributed by atoms with Gasteiger partial charge in [-0.2, -0.15) is 0 Å². The number of nitrogens with zero attached hydrogens (tertiary/aromatic N) is 2. The summed E-state index contributed by atoms with van der Waals surface area (Å²) in [6.45, 7) is 1.98. The lowest BCUT2D eigenvalue weighted by Crippen LogP contribution is -2.32. The molecule has 0 bridgehead atoms. The Morgan fingerprint density at radius 1 is 1.24 bits per heavy atom. The van der Waals surface area contributed by atoms with Crippen molar-refractivity contribution < 1.29 is 5.11 Å². The Kier molecular flexibility index (Phi) is 4.15. The molecule has 2 atom stereocenters. The lowest BCUT2D eigenvalue weighted by atomic mass is 10.0. The highest BCUT2D eigenvalue weighted by Crippen LogP contribution is 2.38. The second kappa shape index (κ2) is 6.22. The van der Waals surface area contributed by atoms with E-state index in [9.17, 15) is 5.11 Å². The molecule has 1 heterocycles. The van der Waals surface area contributed by atoms with Crippen molar-refractivity contribution in [3.63, 3.8) is 0 Å². The van der Waals surface area contributed by atoms with Crippen molar-refractivity contribution in [2.75, 3.05) is 5.32 Å². The van der Waals surface area contributed by atoms with Gasteiger partial charge in [-0.3, -0.25) is 0 Å². The van der Waals surface area contributed by atoms with Crippen LogP contribution in [0.2, 0.25) is 0 Å². The van der Waals surface area contributed by atoms with Crippen LogP contribution in [0.15, 0.2) is 42.6 Å². The summed E-state index contributed by atoms with van der Waals surface area (Å²) in [6.07, 6.45) is 4.35. The monoisotopic (exact) mass is 283 g/mol. The maximum Gasteiger partial charge on any atom is 0.133 e. The van der Waals surface area contributed by atoms with Crippen LogP contribution in [0.25, 0.3) is 0 Å². The van der Waals surface area contributed by atoms with E-state index in [4.69, 9.17) is 0 Å². The van der Waals surface area contributed by atoms with E-state index in [1.165, 1.54) is 12.8 Å². The number of anilines is 1. The van der Waals surface area contributed by atoms with Gasteiger partial charge in [0.05, 0.1) is 12.1 Å². The molecule has 1 fully saturated rings. The molecular formula is C17H21N3O. The summed E-state index contributed by atoms with van der Waals surface area (Å²) < 4.78 is 0. The third-order valence-corrected chi connectivity index (χ3v) is 3.86. The Hall–Kier alpha value is -1.94. The maximum atomic E-state index is 10.3. The van der Waals surface area contributed by atoms with E-state index in [1.54, 1.807) is 6.20 Å². The van der Waals surface area contributed by atoms with Crippen LogP contribution in [0.1, 0.15) is 37.1 Å². The highest BCUT2D eigenvalue weighted by atomic mass is 16.3. The van der Waals surface area contributed by atoms with Crippen molar-refractivity contribution in [2.45, 2.75) is 44.2 Å². The average Bonchev–Trinajstić information content (AvgIpc) is 3.33. The van der Waals surface area contributed by atoms with Crippen molar-refractivity contribution in [3.05, 3.63) is 54.0 Å². The van der Waals surface area contributed by atoms with E-state index in [2.05, 4.69) is 15.3 Å². The van der Waals surface area contributed by atoms with E-state index in [0.717, 1.165) is 17.2 Å². The van der Waals surface area contributed by atoms with Gasteiger partial charge in [0.25, 0.3) is 0 Å². The van der Waals surface area contributed by atoms with Gasteiger partial charge in [-0.25, -0.2) is 9.97 Å². The zero-order valence-corrected chi connectivity index (χ0v) is 12.2. The highest BCUT2D eigenvalue weighted by Gasteiger charge is 2.26. The second-order valence-corrected chi connectivity index (χ2v) is 5.76. The molecule has 1 aromatic carbocycles. The van der Waals surface area contributed by atoms with Crippen molar-refractivity contribution in [2.24, 2.45) is 0 Å². The molecule has 3 rings (SSSR count).